The zero-order chi connectivity index (χ0) is 33.6. The predicted molar refractivity (Wildman–Crippen MR) is 188 cm³/mol. The van der Waals surface area contributed by atoms with Gasteiger partial charge in [-0.2, -0.15) is 0 Å². The molecule has 0 aliphatic carbocycles. The van der Waals surface area contributed by atoms with Crippen LogP contribution < -0.4 is 4.46 Å². The van der Waals surface area contributed by atoms with E-state index in [9.17, 15) is 14.4 Å². The summed E-state index contributed by atoms with van der Waals surface area (Å²) in [5.74, 6) is -0.121. The number of thioether (sulfide) groups is 1. The summed E-state index contributed by atoms with van der Waals surface area (Å²) < 4.78 is 25.5. The average Bonchev–Trinajstić information content (AvgIpc) is 3.24. The molecule has 0 radical (unpaired) electrons. The summed E-state index contributed by atoms with van der Waals surface area (Å²) in [6, 6.07) is 10.6. The van der Waals surface area contributed by atoms with E-state index in [0.717, 1.165) is 6.04 Å². The molecule has 0 bridgehead atoms. The summed E-state index contributed by atoms with van der Waals surface area (Å²) in [7, 11) is -0.385. The molecule has 2 heterocycles. The number of carbonyl (C=O) groups excluding carboxylic acids is 3. The maximum atomic E-state index is 14.2. The summed E-state index contributed by atoms with van der Waals surface area (Å²) in [4.78, 5) is 43.4. The van der Waals surface area contributed by atoms with Gasteiger partial charge in [0, 0.05) is 0 Å². The van der Waals surface area contributed by atoms with Crippen LogP contribution in [0.1, 0.15) is 27.2 Å². The summed E-state index contributed by atoms with van der Waals surface area (Å²) in [6.07, 6.45) is -0.531. The Balaban J connectivity index is 2.06. The van der Waals surface area contributed by atoms with Gasteiger partial charge in [-0.3, -0.25) is 0 Å². The Morgan fingerprint density at radius 1 is 1.07 bits per heavy atom. The standard InChI is InChI=1S/C32H54N2O7SSeSi2/c1-31(2,3)45(9,10)41-22-26(43-24-14-12-11-13-15-24)29(40-23-39-17-16-38-5)25-20-27(35)32(42-18-19-44(6,7)8)30(37)33(4)21-28(36)34(25)32/h11-15,25-26,29H,16-23H2,1-10H3/t25-,26?,29+,32+/m0/s1. The molecule has 1 aromatic rings. The van der Waals surface area contributed by atoms with E-state index in [0.29, 0.717) is 25.6 Å². The third-order valence-corrected chi connectivity index (χ3v) is 19.5. The number of ketones is 1. The van der Waals surface area contributed by atoms with Gasteiger partial charge >= 0.3 is 284 Å². The van der Waals surface area contributed by atoms with E-state index in [-0.39, 0.29) is 62.2 Å². The monoisotopic (exact) mass is 746 g/mol. The molecule has 1 aromatic carbocycles. The number of hydrogen-bond donors (Lipinski definition) is 0. The second-order valence-corrected chi connectivity index (χ2v) is 29.1. The van der Waals surface area contributed by atoms with Crippen LogP contribution in [0.25, 0.3) is 0 Å². The van der Waals surface area contributed by atoms with Crippen LogP contribution >= 0.6 is 11.8 Å². The first-order chi connectivity index (χ1) is 20.9. The van der Waals surface area contributed by atoms with Crippen molar-refractivity contribution in [3.63, 3.8) is 0 Å². The number of methoxy groups -OCH3 is 1. The number of amides is 2. The Kier molecular flexibility index (Phi) is 13.6. The Labute approximate surface area is 283 Å². The summed E-state index contributed by atoms with van der Waals surface area (Å²) >= 11 is 1.21. The predicted octanol–water partition coefficient (Wildman–Crippen LogP) is 4.24. The maximum absolute atomic E-state index is 14.2. The molecule has 2 aliphatic rings. The van der Waals surface area contributed by atoms with Crippen LogP contribution in [0.5, 0.6) is 0 Å². The molecule has 2 saturated heterocycles. The van der Waals surface area contributed by atoms with Gasteiger partial charge in [0.25, 0.3) is 0 Å². The average molecular weight is 746 g/mol. The number of likely N-dealkylation sites (N-methyl/N-ethyl adjacent to an activating group) is 1. The van der Waals surface area contributed by atoms with Crippen LogP contribution in [-0.2, 0) is 33.0 Å². The minimum absolute atomic E-state index is 0.00222. The normalized spacial score (nSPS) is 22.6. The van der Waals surface area contributed by atoms with Gasteiger partial charge in [-0.25, -0.2) is 0 Å². The fourth-order valence-corrected chi connectivity index (χ4v) is 13.0. The summed E-state index contributed by atoms with van der Waals surface area (Å²) in [5, 5.41) is 0.00222. The molecular weight excluding hydrogens is 692 g/mol. The quantitative estimate of drug-likeness (QED) is 0.101. The molecule has 0 N–H and O–H groups in total. The van der Waals surface area contributed by atoms with E-state index in [2.05, 4.69) is 65.6 Å². The number of piperazine rings is 1. The van der Waals surface area contributed by atoms with Crippen LogP contribution in [0.2, 0.25) is 48.6 Å². The Morgan fingerprint density at radius 3 is 2.33 bits per heavy atom. The Morgan fingerprint density at radius 2 is 1.73 bits per heavy atom. The van der Waals surface area contributed by atoms with Crippen molar-refractivity contribution in [1.82, 2.24) is 9.80 Å². The molecular formula is C32H54N2O7SSeSi2. The van der Waals surface area contributed by atoms with Gasteiger partial charge in [0.1, 0.15) is 0 Å². The van der Waals surface area contributed by atoms with Crippen molar-refractivity contribution < 1.29 is 33.0 Å². The molecule has 45 heavy (non-hydrogen) atoms. The van der Waals surface area contributed by atoms with Crippen LogP contribution in [0.15, 0.2) is 30.3 Å². The van der Waals surface area contributed by atoms with Crippen molar-refractivity contribution in [2.45, 2.75) is 92.8 Å². The first-order valence-corrected chi connectivity index (χ1v) is 25.2. The summed E-state index contributed by atoms with van der Waals surface area (Å²) in [6.45, 7) is 19.0. The molecule has 2 aliphatic heterocycles. The molecule has 0 saturated carbocycles. The minimum atomic E-state index is -2.15. The second-order valence-electron chi connectivity index (χ2n) is 14.6. The molecule has 1 unspecified atom stereocenters. The number of rotatable bonds is 17. The van der Waals surface area contributed by atoms with Crippen LogP contribution in [0.4, 0.5) is 0 Å². The molecule has 254 valence electrons. The fourth-order valence-electron chi connectivity index (χ4n) is 5.13. The number of fused-ring (bicyclic) bond motifs is 1. The van der Waals surface area contributed by atoms with Crippen molar-refractivity contribution in [2.24, 2.45) is 0 Å². The van der Waals surface area contributed by atoms with Gasteiger partial charge in [-0.1, -0.05) is 0 Å². The van der Waals surface area contributed by atoms with E-state index in [1.807, 2.05) is 18.2 Å². The molecule has 9 nitrogen and oxygen atoms in total. The number of hydrogen-bond acceptors (Lipinski definition) is 8. The van der Waals surface area contributed by atoms with E-state index >= 15 is 0 Å². The third-order valence-electron chi connectivity index (χ3n) is 8.85. The van der Waals surface area contributed by atoms with E-state index in [4.69, 9.17) is 18.6 Å². The van der Waals surface area contributed by atoms with E-state index in [1.165, 1.54) is 21.1 Å². The molecule has 3 rings (SSSR count). The van der Waals surface area contributed by atoms with Gasteiger partial charge < -0.3 is 0 Å². The fraction of sp³-hybridized carbons (Fsp3) is 0.719. The van der Waals surface area contributed by atoms with Gasteiger partial charge in [0.05, 0.1) is 0 Å². The van der Waals surface area contributed by atoms with Gasteiger partial charge in [0.15, 0.2) is 0 Å². The number of Topliss-reactive ketones (excluding diaryl/α,β-unsaturated/α-hetero) is 1. The molecule has 13 heteroatoms. The van der Waals surface area contributed by atoms with Gasteiger partial charge in [-0.15, -0.1) is 0 Å². The van der Waals surface area contributed by atoms with Crippen molar-refractivity contribution in [1.29, 1.82) is 0 Å². The number of benzene rings is 1. The molecule has 0 spiro atoms. The molecule has 4 atom stereocenters. The topological polar surface area (TPSA) is 94.6 Å². The van der Waals surface area contributed by atoms with Crippen LogP contribution in [0, 0.1) is 0 Å². The molecule has 0 aromatic heterocycles. The second kappa shape index (κ2) is 15.9. The Bertz CT molecular complexity index is 1160. The van der Waals surface area contributed by atoms with Gasteiger partial charge in [0.2, 0.25) is 0 Å². The van der Waals surface area contributed by atoms with Crippen LogP contribution in [0.3, 0.4) is 0 Å². The van der Waals surface area contributed by atoms with Crippen molar-refractivity contribution >= 4 is 65.2 Å². The zero-order valence-electron chi connectivity index (χ0n) is 28.8. The van der Waals surface area contributed by atoms with Crippen LogP contribution in [-0.4, -0.2) is 129 Å². The zero-order valence-corrected chi connectivity index (χ0v) is 33.4. The summed E-state index contributed by atoms with van der Waals surface area (Å²) in [5.41, 5.74) is 0. The first kappa shape index (κ1) is 38.4. The van der Waals surface area contributed by atoms with Gasteiger partial charge in [-0.05, 0) is 0 Å². The number of carbonyl (C=O) groups is 3. The third kappa shape index (κ3) is 9.54. The first-order valence-electron chi connectivity index (χ1n) is 15.7. The SMILES string of the molecule is COCCOCO[C@@H](C(CO[Si](C)(C)C(C)(C)C)[Se]c1ccccc1)[C@@H]1CC(=O)[C@@]2(SCC[Si](C)(C)C)C(=O)N(C)CC(=O)N12. The number of nitrogens with zero attached hydrogens (tertiary/aromatic N) is 2. The van der Waals surface area contributed by atoms with Crippen molar-refractivity contribution in [2.75, 3.05) is 53.1 Å². The number of ether oxygens (including phenoxy) is 3. The molecule has 2 amide bonds. The van der Waals surface area contributed by atoms with E-state index in [1.54, 1.807) is 19.1 Å². The molecule has 2 fully saturated rings. The van der Waals surface area contributed by atoms with Crippen molar-refractivity contribution in [3.05, 3.63) is 30.3 Å². The van der Waals surface area contributed by atoms with E-state index < -0.39 is 33.4 Å². The Hall–Kier alpha value is -1.03. The van der Waals surface area contributed by atoms with Crippen molar-refractivity contribution in [3.8, 4) is 0 Å².